The fraction of sp³-hybridized carbons (Fsp3) is 0.154. The van der Waals surface area contributed by atoms with Crippen molar-refractivity contribution < 1.29 is 9.32 Å². The number of rotatable bonds is 3. The lowest BCUT2D eigenvalue weighted by molar-refractivity contribution is 0.0951. The van der Waals surface area contributed by atoms with Crippen molar-refractivity contribution in [2.75, 3.05) is 5.73 Å². The number of thiophene rings is 1. The van der Waals surface area contributed by atoms with Gasteiger partial charge >= 0.3 is 0 Å². The maximum Gasteiger partial charge on any atom is 0.263 e. The molecular weight excluding hydrogens is 356 g/mol. The molecule has 3 rings (SSSR count). The number of nitrogens with zero attached hydrogens (tertiary/aromatic N) is 2. The summed E-state index contributed by atoms with van der Waals surface area (Å²) in [5.41, 5.74) is 6.53. The Bertz CT molecular complexity index is 827. The Kier molecular flexibility index (Phi) is 3.64. The van der Waals surface area contributed by atoms with Crippen LogP contribution in [0.15, 0.2) is 27.2 Å². The van der Waals surface area contributed by atoms with E-state index in [9.17, 15) is 4.79 Å². The Morgan fingerprint density at radius 2 is 2.33 bits per heavy atom. The van der Waals surface area contributed by atoms with E-state index in [1.165, 1.54) is 11.3 Å². The number of hydrogen-bond donors (Lipinski definition) is 2. The lowest BCUT2D eigenvalue weighted by Crippen LogP contribution is -2.22. The van der Waals surface area contributed by atoms with Crippen molar-refractivity contribution in [2.24, 2.45) is 0 Å². The van der Waals surface area contributed by atoms with Crippen LogP contribution >= 0.6 is 27.3 Å². The highest BCUT2D eigenvalue weighted by atomic mass is 79.9. The fourth-order valence-corrected chi connectivity index (χ4v) is 3.50. The van der Waals surface area contributed by atoms with Gasteiger partial charge in [0.25, 0.3) is 5.91 Å². The molecular formula is C13H11BrN4O2S. The molecule has 0 fully saturated rings. The zero-order valence-corrected chi connectivity index (χ0v) is 13.4. The standard InChI is InChI=1S/C13H11BrN4O2S/c1-6-17-10(20-18-6)5-16-13(19)12-11(15)8-3-2-7(14)4-9(8)21-12/h2-4H,5,15H2,1H3,(H,16,19). The second kappa shape index (κ2) is 5.45. The SMILES string of the molecule is Cc1noc(CNC(=O)c2sc3cc(Br)ccc3c2N)n1. The second-order valence-corrected chi connectivity index (χ2v) is 6.37. The first kappa shape index (κ1) is 14.0. The summed E-state index contributed by atoms with van der Waals surface area (Å²) in [6.07, 6.45) is 0. The van der Waals surface area contributed by atoms with Crippen LogP contribution in [0.5, 0.6) is 0 Å². The van der Waals surface area contributed by atoms with E-state index >= 15 is 0 Å². The van der Waals surface area contributed by atoms with E-state index in [-0.39, 0.29) is 12.5 Å². The number of carbonyl (C=O) groups excluding carboxylic acids is 1. The van der Waals surface area contributed by atoms with Gasteiger partial charge in [0.05, 0.1) is 12.2 Å². The predicted molar refractivity (Wildman–Crippen MR) is 84.1 cm³/mol. The molecule has 0 atom stereocenters. The van der Waals surface area contributed by atoms with Gasteiger partial charge in [-0.15, -0.1) is 11.3 Å². The van der Waals surface area contributed by atoms with Gasteiger partial charge in [-0.25, -0.2) is 0 Å². The van der Waals surface area contributed by atoms with Gasteiger partial charge in [0, 0.05) is 14.6 Å². The first-order valence-corrected chi connectivity index (χ1v) is 7.70. The predicted octanol–water partition coefficient (Wildman–Crippen LogP) is 2.87. The van der Waals surface area contributed by atoms with E-state index in [0.717, 1.165) is 14.6 Å². The van der Waals surface area contributed by atoms with Crippen molar-refractivity contribution >= 4 is 48.9 Å². The van der Waals surface area contributed by atoms with E-state index in [1.807, 2.05) is 18.2 Å². The molecule has 6 nitrogen and oxygen atoms in total. The minimum atomic E-state index is -0.249. The molecule has 3 N–H and O–H groups in total. The minimum Gasteiger partial charge on any atom is -0.397 e. The second-order valence-electron chi connectivity index (χ2n) is 4.40. The average Bonchev–Trinajstić information content (AvgIpc) is 3.00. The van der Waals surface area contributed by atoms with E-state index in [2.05, 4.69) is 31.4 Å². The molecule has 21 heavy (non-hydrogen) atoms. The number of hydrogen-bond acceptors (Lipinski definition) is 6. The van der Waals surface area contributed by atoms with E-state index in [1.54, 1.807) is 6.92 Å². The summed E-state index contributed by atoms with van der Waals surface area (Å²) in [6.45, 7) is 1.90. The Balaban J connectivity index is 1.82. The number of benzene rings is 1. The smallest absolute Gasteiger partial charge is 0.263 e. The summed E-state index contributed by atoms with van der Waals surface area (Å²) in [4.78, 5) is 16.7. The van der Waals surface area contributed by atoms with Gasteiger partial charge < -0.3 is 15.6 Å². The molecule has 0 aliphatic carbocycles. The monoisotopic (exact) mass is 366 g/mol. The molecule has 8 heteroatoms. The third kappa shape index (κ3) is 2.77. The Labute approximate surface area is 132 Å². The molecule has 0 bridgehead atoms. The number of anilines is 1. The summed E-state index contributed by atoms with van der Waals surface area (Å²) in [5.74, 6) is 0.648. The van der Waals surface area contributed by atoms with Crippen LogP contribution in [0.3, 0.4) is 0 Å². The number of aromatic nitrogens is 2. The van der Waals surface area contributed by atoms with Crippen LogP contribution < -0.4 is 11.1 Å². The van der Waals surface area contributed by atoms with Crippen LogP contribution in [-0.2, 0) is 6.54 Å². The third-order valence-electron chi connectivity index (χ3n) is 2.87. The average molecular weight is 367 g/mol. The molecule has 0 spiro atoms. The zero-order valence-electron chi connectivity index (χ0n) is 11.0. The lowest BCUT2D eigenvalue weighted by Gasteiger charge is -2.00. The highest BCUT2D eigenvalue weighted by Crippen LogP contribution is 2.35. The van der Waals surface area contributed by atoms with E-state index in [4.69, 9.17) is 10.3 Å². The van der Waals surface area contributed by atoms with Crippen molar-refractivity contribution in [3.05, 3.63) is 39.3 Å². The Morgan fingerprint density at radius 1 is 1.52 bits per heavy atom. The van der Waals surface area contributed by atoms with Gasteiger partial charge in [-0.2, -0.15) is 4.98 Å². The molecule has 0 unspecified atom stereocenters. The molecule has 2 aromatic heterocycles. The minimum absolute atomic E-state index is 0.178. The molecule has 0 saturated heterocycles. The maximum absolute atomic E-state index is 12.2. The van der Waals surface area contributed by atoms with Crippen LogP contribution in [0.4, 0.5) is 5.69 Å². The van der Waals surface area contributed by atoms with Crippen molar-refractivity contribution in [2.45, 2.75) is 13.5 Å². The van der Waals surface area contributed by atoms with Gasteiger partial charge in [-0.1, -0.05) is 27.2 Å². The van der Waals surface area contributed by atoms with Crippen LogP contribution in [-0.4, -0.2) is 16.0 Å². The quantitative estimate of drug-likeness (QED) is 0.742. The van der Waals surface area contributed by atoms with Gasteiger partial charge in [0.15, 0.2) is 5.82 Å². The van der Waals surface area contributed by atoms with Crippen molar-refractivity contribution in [1.82, 2.24) is 15.5 Å². The van der Waals surface area contributed by atoms with Gasteiger partial charge in [0.1, 0.15) is 4.88 Å². The van der Waals surface area contributed by atoms with Crippen molar-refractivity contribution in [3.8, 4) is 0 Å². The number of nitrogens with two attached hydrogens (primary N) is 1. The molecule has 1 aromatic carbocycles. The maximum atomic E-state index is 12.2. The lowest BCUT2D eigenvalue weighted by atomic mass is 10.2. The Hall–Kier alpha value is -1.93. The molecule has 1 amide bonds. The molecule has 3 aromatic rings. The zero-order chi connectivity index (χ0) is 15.0. The first-order chi connectivity index (χ1) is 10.0. The number of aryl methyl sites for hydroxylation is 1. The van der Waals surface area contributed by atoms with Crippen molar-refractivity contribution in [1.29, 1.82) is 0 Å². The molecule has 0 aliphatic rings. The van der Waals surface area contributed by atoms with Gasteiger partial charge in [-0.3, -0.25) is 4.79 Å². The molecule has 108 valence electrons. The number of carbonyl (C=O) groups is 1. The van der Waals surface area contributed by atoms with Crippen LogP contribution in [0, 0.1) is 6.92 Å². The summed E-state index contributed by atoms with van der Waals surface area (Å²) in [6, 6.07) is 5.73. The van der Waals surface area contributed by atoms with Crippen LogP contribution in [0.25, 0.3) is 10.1 Å². The molecule has 0 radical (unpaired) electrons. The highest BCUT2D eigenvalue weighted by molar-refractivity contribution is 9.10. The molecule has 2 heterocycles. The largest absolute Gasteiger partial charge is 0.397 e. The normalized spacial score (nSPS) is 11.0. The van der Waals surface area contributed by atoms with Crippen LogP contribution in [0.1, 0.15) is 21.4 Å². The molecule has 0 saturated carbocycles. The summed E-state index contributed by atoms with van der Waals surface area (Å²) in [5, 5.41) is 7.27. The van der Waals surface area contributed by atoms with E-state index in [0.29, 0.717) is 22.3 Å². The highest BCUT2D eigenvalue weighted by Gasteiger charge is 2.17. The summed E-state index contributed by atoms with van der Waals surface area (Å²) >= 11 is 4.76. The number of fused-ring (bicyclic) bond motifs is 1. The Morgan fingerprint density at radius 3 is 3.05 bits per heavy atom. The van der Waals surface area contributed by atoms with Gasteiger partial charge in [-0.05, 0) is 19.1 Å². The first-order valence-electron chi connectivity index (χ1n) is 6.09. The van der Waals surface area contributed by atoms with Crippen LogP contribution in [0.2, 0.25) is 0 Å². The summed E-state index contributed by atoms with van der Waals surface area (Å²) < 4.78 is 6.85. The molecule has 0 aliphatic heterocycles. The van der Waals surface area contributed by atoms with Gasteiger partial charge in [0.2, 0.25) is 5.89 Å². The number of halogens is 1. The van der Waals surface area contributed by atoms with E-state index < -0.39 is 0 Å². The van der Waals surface area contributed by atoms with Crippen molar-refractivity contribution in [3.63, 3.8) is 0 Å². The summed E-state index contributed by atoms with van der Waals surface area (Å²) in [7, 11) is 0. The topological polar surface area (TPSA) is 94.0 Å². The fourth-order valence-electron chi connectivity index (χ4n) is 1.91. The number of amides is 1. The number of nitrogens with one attached hydrogen (secondary N) is 1. The third-order valence-corrected chi connectivity index (χ3v) is 4.53. The number of nitrogen functional groups attached to an aromatic ring is 1.